The van der Waals surface area contributed by atoms with Crippen LogP contribution in [0, 0.1) is 0 Å². The lowest BCUT2D eigenvalue weighted by atomic mass is 10.1. The van der Waals surface area contributed by atoms with Gasteiger partial charge in [0.05, 0.1) is 5.03 Å². The van der Waals surface area contributed by atoms with E-state index in [4.69, 9.17) is 0 Å². The predicted octanol–water partition coefficient (Wildman–Crippen LogP) is 6.08. The molecule has 0 spiro atoms. The van der Waals surface area contributed by atoms with Crippen molar-refractivity contribution in [1.29, 1.82) is 0 Å². The number of hydrogen-bond donors (Lipinski definition) is 0. The highest BCUT2D eigenvalue weighted by atomic mass is 33.1. The van der Waals surface area contributed by atoms with E-state index in [1.165, 1.54) is 88.1 Å². The summed E-state index contributed by atoms with van der Waals surface area (Å²) in [6.45, 7) is 8.92. The third kappa shape index (κ3) is 8.91. The Bertz CT molecular complexity index is 225. The van der Waals surface area contributed by atoms with Crippen LogP contribution in [0.2, 0.25) is 0 Å². The maximum Gasteiger partial charge on any atom is 0.0742 e. The monoisotopic (exact) mass is 301 g/mol. The summed E-state index contributed by atoms with van der Waals surface area (Å²) < 4.78 is 0. The van der Waals surface area contributed by atoms with Gasteiger partial charge in [0.1, 0.15) is 0 Å². The van der Waals surface area contributed by atoms with Gasteiger partial charge in [0.15, 0.2) is 0 Å². The first-order chi connectivity index (χ1) is 9.34. The summed E-state index contributed by atoms with van der Waals surface area (Å²) in [4.78, 5) is 2.44. The van der Waals surface area contributed by atoms with Gasteiger partial charge in [-0.15, -0.1) is 0 Å². The quantitative estimate of drug-likeness (QED) is 0.318. The minimum atomic E-state index is 1.23. The molecule has 1 rings (SSSR count). The van der Waals surface area contributed by atoms with Crippen LogP contribution in [-0.4, -0.2) is 23.7 Å². The first-order valence-corrected chi connectivity index (χ1v) is 10.4. The van der Waals surface area contributed by atoms with E-state index in [1.807, 2.05) is 21.6 Å². The summed E-state index contributed by atoms with van der Waals surface area (Å²) in [7, 11) is 3.89. The second kappa shape index (κ2) is 12.0. The minimum Gasteiger partial charge on any atom is -0.366 e. The lowest BCUT2D eigenvalue weighted by molar-refractivity contribution is 0.459. The molecule has 0 aromatic carbocycles. The number of nitrogens with zero attached hydrogens (tertiary/aromatic N) is 1. The standard InChI is InChI=1S/C16H31NS2/c1-3-4-5-6-7-8-9-12-15-18-19-16(2)17-13-10-11-14-17/h2-15H2,1H3. The van der Waals surface area contributed by atoms with Gasteiger partial charge in [-0.05, 0) is 30.1 Å². The van der Waals surface area contributed by atoms with Crippen molar-refractivity contribution in [3.63, 3.8) is 0 Å². The maximum absolute atomic E-state index is 4.18. The highest BCUT2D eigenvalue weighted by Crippen LogP contribution is 2.33. The summed E-state index contributed by atoms with van der Waals surface area (Å²) in [6.07, 6.45) is 14.0. The molecule has 1 aliphatic rings. The van der Waals surface area contributed by atoms with Crippen LogP contribution in [-0.2, 0) is 0 Å². The zero-order chi connectivity index (χ0) is 13.8. The molecule has 0 saturated carbocycles. The Hall–Kier alpha value is 0.240. The molecule has 1 saturated heterocycles. The number of hydrogen-bond acceptors (Lipinski definition) is 3. The van der Waals surface area contributed by atoms with Gasteiger partial charge in [0.25, 0.3) is 0 Å². The van der Waals surface area contributed by atoms with Crippen LogP contribution >= 0.6 is 21.6 Å². The Labute approximate surface area is 128 Å². The van der Waals surface area contributed by atoms with Gasteiger partial charge in [-0.2, -0.15) is 0 Å². The SMILES string of the molecule is C=C(SSCCCCCCCCCC)N1CCCC1. The average molecular weight is 302 g/mol. The summed E-state index contributed by atoms with van der Waals surface area (Å²) in [5, 5.41) is 1.28. The zero-order valence-corrected chi connectivity index (χ0v) is 14.3. The zero-order valence-electron chi connectivity index (χ0n) is 12.7. The Morgan fingerprint density at radius 1 is 0.947 bits per heavy atom. The van der Waals surface area contributed by atoms with Crippen LogP contribution in [0.5, 0.6) is 0 Å². The van der Waals surface area contributed by atoms with E-state index >= 15 is 0 Å². The van der Waals surface area contributed by atoms with E-state index < -0.39 is 0 Å². The fraction of sp³-hybridized carbons (Fsp3) is 0.875. The third-order valence-electron chi connectivity index (χ3n) is 3.70. The van der Waals surface area contributed by atoms with Crippen molar-refractivity contribution in [3.05, 3.63) is 11.6 Å². The van der Waals surface area contributed by atoms with Crippen molar-refractivity contribution in [2.75, 3.05) is 18.8 Å². The van der Waals surface area contributed by atoms with Crippen LogP contribution in [0.25, 0.3) is 0 Å². The summed E-state index contributed by atoms with van der Waals surface area (Å²) >= 11 is 0. The molecular weight excluding hydrogens is 270 g/mol. The molecule has 1 heterocycles. The van der Waals surface area contributed by atoms with Gasteiger partial charge in [-0.1, -0.05) is 69.2 Å². The van der Waals surface area contributed by atoms with Gasteiger partial charge in [-0.3, -0.25) is 0 Å². The molecule has 112 valence electrons. The average Bonchev–Trinajstić information content (AvgIpc) is 2.95. The lowest BCUT2D eigenvalue weighted by Crippen LogP contribution is -2.14. The van der Waals surface area contributed by atoms with Crippen molar-refractivity contribution in [2.24, 2.45) is 0 Å². The molecule has 0 aliphatic carbocycles. The molecule has 19 heavy (non-hydrogen) atoms. The summed E-state index contributed by atoms with van der Waals surface area (Å²) in [5.41, 5.74) is 0. The third-order valence-corrected chi connectivity index (χ3v) is 6.15. The van der Waals surface area contributed by atoms with Crippen LogP contribution in [0.15, 0.2) is 11.6 Å². The van der Waals surface area contributed by atoms with E-state index in [0.717, 1.165) is 0 Å². The first kappa shape index (κ1) is 17.3. The van der Waals surface area contributed by atoms with Crippen molar-refractivity contribution in [3.8, 4) is 0 Å². The highest BCUT2D eigenvalue weighted by molar-refractivity contribution is 8.78. The van der Waals surface area contributed by atoms with Crippen LogP contribution in [0.4, 0.5) is 0 Å². The van der Waals surface area contributed by atoms with E-state index in [1.54, 1.807) is 0 Å². The van der Waals surface area contributed by atoms with Crippen LogP contribution in [0.3, 0.4) is 0 Å². The first-order valence-electron chi connectivity index (χ1n) is 8.08. The molecule has 0 aromatic rings. The molecule has 0 radical (unpaired) electrons. The largest absolute Gasteiger partial charge is 0.366 e. The molecule has 0 bridgehead atoms. The normalized spacial score (nSPS) is 15.1. The molecule has 1 aliphatic heterocycles. The molecule has 0 aromatic heterocycles. The van der Waals surface area contributed by atoms with Crippen molar-refractivity contribution in [2.45, 2.75) is 71.1 Å². The van der Waals surface area contributed by atoms with Crippen LogP contribution in [0.1, 0.15) is 71.1 Å². The topological polar surface area (TPSA) is 3.24 Å². The van der Waals surface area contributed by atoms with Gasteiger partial charge >= 0.3 is 0 Å². The fourth-order valence-corrected chi connectivity index (χ4v) is 4.58. The van der Waals surface area contributed by atoms with Gasteiger partial charge < -0.3 is 4.90 Å². The molecule has 3 heteroatoms. The molecule has 1 nitrogen and oxygen atoms in total. The molecule has 0 N–H and O–H groups in total. The van der Waals surface area contributed by atoms with Crippen molar-refractivity contribution in [1.82, 2.24) is 4.90 Å². The predicted molar refractivity (Wildman–Crippen MR) is 92.6 cm³/mol. The summed E-state index contributed by atoms with van der Waals surface area (Å²) in [5.74, 6) is 1.28. The number of likely N-dealkylation sites (tertiary alicyclic amines) is 1. The van der Waals surface area contributed by atoms with Gasteiger partial charge in [0, 0.05) is 18.8 Å². The highest BCUT2D eigenvalue weighted by Gasteiger charge is 2.13. The second-order valence-electron chi connectivity index (χ2n) is 5.47. The van der Waals surface area contributed by atoms with E-state index in [-0.39, 0.29) is 0 Å². The molecular formula is C16H31NS2. The Morgan fingerprint density at radius 3 is 2.16 bits per heavy atom. The van der Waals surface area contributed by atoms with Gasteiger partial charge in [0.2, 0.25) is 0 Å². The lowest BCUT2D eigenvalue weighted by Gasteiger charge is -2.18. The fourth-order valence-electron chi connectivity index (χ4n) is 2.42. The Balaban J connectivity index is 1.79. The van der Waals surface area contributed by atoms with E-state index in [0.29, 0.717) is 0 Å². The number of rotatable bonds is 12. The second-order valence-corrected chi connectivity index (χ2v) is 7.96. The Morgan fingerprint density at radius 2 is 1.53 bits per heavy atom. The van der Waals surface area contributed by atoms with E-state index in [9.17, 15) is 0 Å². The van der Waals surface area contributed by atoms with E-state index in [2.05, 4.69) is 18.4 Å². The Kier molecular flexibility index (Phi) is 10.9. The summed E-state index contributed by atoms with van der Waals surface area (Å²) in [6, 6.07) is 0. The molecule has 0 atom stereocenters. The van der Waals surface area contributed by atoms with Crippen molar-refractivity contribution >= 4 is 21.6 Å². The molecule has 0 amide bonds. The van der Waals surface area contributed by atoms with Crippen LogP contribution < -0.4 is 0 Å². The number of unbranched alkanes of at least 4 members (excludes halogenated alkanes) is 7. The minimum absolute atomic E-state index is 1.23. The maximum atomic E-state index is 4.18. The molecule has 1 fully saturated rings. The van der Waals surface area contributed by atoms with Crippen molar-refractivity contribution < 1.29 is 0 Å². The molecule has 0 unspecified atom stereocenters. The van der Waals surface area contributed by atoms with Gasteiger partial charge in [-0.25, -0.2) is 0 Å². The smallest absolute Gasteiger partial charge is 0.0742 e.